The number of hydrogen-bond acceptors (Lipinski definition) is 4. The van der Waals surface area contributed by atoms with E-state index in [-0.39, 0.29) is 0 Å². The summed E-state index contributed by atoms with van der Waals surface area (Å²) in [7, 11) is 0. The van der Waals surface area contributed by atoms with E-state index < -0.39 is 0 Å². The summed E-state index contributed by atoms with van der Waals surface area (Å²) in [6, 6.07) is 0. The van der Waals surface area contributed by atoms with Gasteiger partial charge in [0.1, 0.15) is 10.8 Å². The topological polar surface area (TPSA) is 47.6 Å². The average molecular weight is 339 g/mol. The van der Waals surface area contributed by atoms with Crippen LogP contribution in [0.4, 0.5) is 0 Å². The van der Waals surface area contributed by atoms with Crippen molar-refractivity contribution in [1.82, 2.24) is 0 Å². The molecule has 0 heterocycles. The van der Waals surface area contributed by atoms with Crippen LogP contribution in [-0.2, 0) is 0 Å². The van der Waals surface area contributed by atoms with Crippen molar-refractivity contribution in [2.75, 3.05) is 11.5 Å². The van der Waals surface area contributed by atoms with Crippen LogP contribution in [0, 0.1) is 21.3 Å². The number of rotatable bonds is 16. The summed E-state index contributed by atoms with van der Waals surface area (Å²) < 4.78 is 0. The Kier molecular flexibility index (Phi) is 19.9. The summed E-state index contributed by atoms with van der Waals surface area (Å²) in [5.74, 6) is 1.99. The molecule has 0 saturated heterocycles. The minimum Gasteiger partial charge on any atom is -0.185 e. The van der Waals surface area contributed by atoms with E-state index in [0.717, 1.165) is 11.5 Å². The minimum absolute atomic E-state index is 0.994. The molecule has 0 fully saturated rings. The smallest absolute Gasteiger partial charge is 0.133 e. The first-order chi connectivity index (χ1) is 10.9. The lowest BCUT2D eigenvalue weighted by Gasteiger charge is -1.99. The normalized spacial score (nSPS) is 10.6. The van der Waals surface area contributed by atoms with Gasteiger partial charge >= 0.3 is 0 Å². The Bertz CT molecular complexity index is 297. The standard InChI is InChI=1S/C18H30N2S2/c19-17-21-15-13-11-9-7-5-3-1-2-4-6-8-10-12-14-16-22-18-20/h1-2H,3-16H2/b2-1+. The summed E-state index contributed by atoms with van der Waals surface area (Å²) in [5, 5.41) is 21.0. The molecule has 0 amide bonds. The monoisotopic (exact) mass is 338 g/mol. The maximum atomic E-state index is 8.40. The second-order valence-electron chi connectivity index (χ2n) is 5.46. The molecule has 2 nitrogen and oxygen atoms in total. The first-order valence-electron chi connectivity index (χ1n) is 8.58. The predicted octanol–water partition coefficient (Wildman–Crippen LogP) is 6.65. The van der Waals surface area contributed by atoms with E-state index >= 15 is 0 Å². The van der Waals surface area contributed by atoms with Crippen LogP contribution in [0.25, 0.3) is 0 Å². The Morgan fingerprint density at radius 2 is 0.909 bits per heavy atom. The molecule has 0 aliphatic carbocycles. The van der Waals surface area contributed by atoms with Gasteiger partial charge in [-0.1, -0.05) is 50.7 Å². The second kappa shape index (κ2) is 20.4. The van der Waals surface area contributed by atoms with Crippen molar-refractivity contribution in [1.29, 1.82) is 10.5 Å². The molecule has 0 aromatic heterocycles. The molecule has 0 atom stereocenters. The van der Waals surface area contributed by atoms with Gasteiger partial charge in [-0.15, -0.1) is 0 Å². The Balaban J connectivity index is 3.06. The quantitative estimate of drug-likeness (QED) is 0.179. The van der Waals surface area contributed by atoms with E-state index in [2.05, 4.69) is 23.0 Å². The van der Waals surface area contributed by atoms with Gasteiger partial charge in [-0.3, -0.25) is 0 Å². The fraction of sp³-hybridized carbons (Fsp3) is 0.778. The highest BCUT2D eigenvalue weighted by Crippen LogP contribution is 2.11. The van der Waals surface area contributed by atoms with Gasteiger partial charge in [0.15, 0.2) is 0 Å². The fourth-order valence-electron chi connectivity index (χ4n) is 2.26. The number of hydrogen-bond donors (Lipinski definition) is 0. The van der Waals surface area contributed by atoms with Crippen molar-refractivity contribution in [3.63, 3.8) is 0 Å². The molecule has 0 aromatic rings. The molecule has 0 saturated carbocycles. The Morgan fingerprint density at radius 1 is 0.545 bits per heavy atom. The van der Waals surface area contributed by atoms with Crippen LogP contribution < -0.4 is 0 Å². The van der Waals surface area contributed by atoms with Gasteiger partial charge in [-0.2, -0.15) is 10.5 Å². The van der Waals surface area contributed by atoms with Gasteiger partial charge in [0, 0.05) is 11.5 Å². The molecule has 124 valence electrons. The van der Waals surface area contributed by atoms with E-state index in [0.29, 0.717) is 0 Å². The van der Waals surface area contributed by atoms with Crippen LogP contribution in [-0.4, -0.2) is 11.5 Å². The third-order valence-corrected chi connectivity index (χ3v) is 4.77. The van der Waals surface area contributed by atoms with E-state index in [1.807, 2.05) is 0 Å². The van der Waals surface area contributed by atoms with Crippen LogP contribution in [0.2, 0.25) is 0 Å². The lowest BCUT2D eigenvalue weighted by molar-refractivity contribution is 0.633. The van der Waals surface area contributed by atoms with Crippen molar-refractivity contribution in [3.05, 3.63) is 12.2 Å². The predicted molar refractivity (Wildman–Crippen MR) is 101 cm³/mol. The first-order valence-corrected chi connectivity index (χ1v) is 10.6. The summed E-state index contributed by atoms with van der Waals surface area (Å²) in [6.07, 6.45) is 19.9. The lowest BCUT2D eigenvalue weighted by atomic mass is 10.1. The van der Waals surface area contributed by atoms with Gasteiger partial charge in [0.25, 0.3) is 0 Å². The lowest BCUT2D eigenvalue weighted by Crippen LogP contribution is -1.82. The van der Waals surface area contributed by atoms with Gasteiger partial charge < -0.3 is 0 Å². The second-order valence-corrected chi connectivity index (χ2v) is 7.22. The van der Waals surface area contributed by atoms with Gasteiger partial charge in [0.05, 0.1) is 0 Å². The molecule has 0 bridgehead atoms. The van der Waals surface area contributed by atoms with Crippen LogP contribution in [0.5, 0.6) is 0 Å². The zero-order valence-electron chi connectivity index (χ0n) is 13.8. The van der Waals surface area contributed by atoms with Crippen molar-refractivity contribution in [3.8, 4) is 10.8 Å². The number of nitriles is 2. The molecule has 0 aromatic carbocycles. The van der Waals surface area contributed by atoms with Crippen LogP contribution in [0.1, 0.15) is 77.0 Å². The zero-order valence-corrected chi connectivity index (χ0v) is 15.4. The number of thiocyanates is 2. The molecule has 0 unspecified atom stereocenters. The zero-order chi connectivity index (χ0) is 16.1. The molecule has 0 aliphatic rings. The SMILES string of the molecule is N#CSCCCCCCC/C=C/CCCCCCCSC#N. The Labute approximate surface area is 145 Å². The first kappa shape index (κ1) is 21.4. The highest BCUT2D eigenvalue weighted by Gasteiger charge is 1.92. The van der Waals surface area contributed by atoms with Crippen molar-refractivity contribution in [2.45, 2.75) is 77.0 Å². The Morgan fingerprint density at radius 3 is 1.32 bits per heavy atom. The van der Waals surface area contributed by atoms with Crippen molar-refractivity contribution in [2.24, 2.45) is 0 Å². The summed E-state index contributed by atoms with van der Waals surface area (Å²) >= 11 is 2.75. The fourth-order valence-corrected chi connectivity index (χ4v) is 3.14. The number of thioether (sulfide) groups is 2. The van der Waals surface area contributed by atoms with Gasteiger partial charge in [0.2, 0.25) is 0 Å². The summed E-state index contributed by atoms with van der Waals surface area (Å²) in [4.78, 5) is 0. The van der Waals surface area contributed by atoms with E-state index in [1.165, 1.54) is 101 Å². The van der Waals surface area contributed by atoms with Crippen LogP contribution in [0.15, 0.2) is 12.2 Å². The van der Waals surface area contributed by atoms with Crippen LogP contribution in [0.3, 0.4) is 0 Å². The maximum absolute atomic E-state index is 8.40. The average Bonchev–Trinajstić information content (AvgIpc) is 2.54. The maximum Gasteiger partial charge on any atom is 0.133 e. The van der Waals surface area contributed by atoms with Gasteiger partial charge in [-0.25, -0.2) is 0 Å². The minimum atomic E-state index is 0.994. The molecule has 4 heteroatoms. The highest BCUT2D eigenvalue weighted by atomic mass is 32.2. The van der Waals surface area contributed by atoms with E-state index in [4.69, 9.17) is 10.5 Å². The molecule has 0 N–H and O–H groups in total. The number of nitrogens with zero attached hydrogens (tertiary/aromatic N) is 2. The van der Waals surface area contributed by atoms with E-state index in [1.54, 1.807) is 0 Å². The van der Waals surface area contributed by atoms with Crippen molar-refractivity contribution >= 4 is 23.5 Å². The molecular weight excluding hydrogens is 308 g/mol. The third kappa shape index (κ3) is 19.4. The molecule has 0 spiro atoms. The third-order valence-electron chi connectivity index (χ3n) is 3.53. The number of unbranched alkanes of at least 4 members (excludes halogenated alkanes) is 10. The largest absolute Gasteiger partial charge is 0.185 e. The highest BCUT2D eigenvalue weighted by molar-refractivity contribution is 8.03. The Hall–Kier alpha value is -0.580. The summed E-state index contributed by atoms with van der Waals surface area (Å²) in [6.45, 7) is 0. The van der Waals surface area contributed by atoms with Gasteiger partial charge in [-0.05, 0) is 62.0 Å². The molecule has 0 rings (SSSR count). The number of allylic oxidation sites excluding steroid dienone is 2. The van der Waals surface area contributed by atoms with Crippen LogP contribution >= 0.6 is 23.5 Å². The summed E-state index contributed by atoms with van der Waals surface area (Å²) in [5.41, 5.74) is 0. The van der Waals surface area contributed by atoms with E-state index in [9.17, 15) is 0 Å². The molecular formula is C18H30N2S2. The molecule has 0 aliphatic heterocycles. The van der Waals surface area contributed by atoms with Crippen molar-refractivity contribution < 1.29 is 0 Å². The molecule has 22 heavy (non-hydrogen) atoms. The molecule has 0 radical (unpaired) electrons.